The summed E-state index contributed by atoms with van der Waals surface area (Å²) in [5, 5.41) is 2.36. The zero-order valence-corrected chi connectivity index (χ0v) is 16.3. The van der Waals surface area contributed by atoms with Gasteiger partial charge in [0, 0.05) is 23.0 Å². The van der Waals surface area contributed by atoms with E-state index in [1.54, 1.807) is 0 Å². The van der Waals surface area contributed by atoms with Crippen molar-refractivity contribution in [1.82, 2.24) is 0 Å². The van der Waals surface area contributed by atoms with E-state index in [4.69, 9.17) is 0 Å². The predicted molar refractivity (Wildman–Crippen MR) is 105 cm³/mol. The van der Waals surface area contributed by atoms with Gasteiger partial charge < -0.3 is 10.1 Å². The average molecular weight is 454 g/mol. The second-order valence-corrected chi connectivity index (χ2v) is 7.83. The van der Waals surface area contributed by atoms with Crippen LogP contribution >= 0.6 is 0 Å². The lowest BCUT2D eigenvalue weighted by Gasteiger charge is -2.11. The van der Waals surface area contributed by atoms with E-state index >= 15 is 0 Å². The Morgan fingerprint density at radius 2 is 1.52 bits per heavy atom. The molecule has 0 aliphatic carbocycles. The van der Waals surface area contributed by atoms with Gasteiger partial charge in [0.05, 0.1) is 4.90 Å². The van der Waals surface area contributed by atoms with Crippen molar-refractivity contribution in [3.63, 3.8) is 0 Å². The second-order valence-electron chi connectivity index (χ2n) is 6.15. The molecule has 0 bridgehead atoms. The Morgan fingerprint density at radius 3 is 2.13 bits per heavy atom. The first-order valence-corrected chi connectivity index (χ1v) is 10.1. The standard InChI is InChI=1S/C20H14F4N2O4S/c21-13-8-12(9-14(22)10-13)19(27)25-16-2-1-3-18(11-16)31(28,29)26-15-4-6-17(7-5-15)30-20(23)24/h1-11,20,26H,(H,25,27). The number of carbonyl (C=O) groups is 1. The van der Waals surface area contributed by atoms with Crippen LogP contribution in [0, 0.1) is 11.6 Å². The highest BCUT2D eigenvalue weighted by Crippen LogP contribution is 2.22. The molecule has 11 heteroatoms. The number of alkyl halides is 2. The zero-order valence-electron chi connectivity index (χ0n) is 15.5. The molecule has 3 rings (SSSR count). The lowest BCUT2D eigenvalue weighted by Crippen LogP contribution is -2.15. The topological polar surface area (TPSA) is 84.5 Å². The summed E-state index contributed by atoms with van der Waals surface area (Å²) in [4.78, 5) is 12.0. The zero-order chi connectivity index (χ0) is 22.6. The van der Waals surface area contributed by atoms with E-state index in [0.29, 0.717) is 6.07 Å². The molecule has 0 spiro atoms. The average Bonchev–Trinajstić information content (AvgIpc) is 2.68. The Balaban J connectivity index is 1.75. The van der Waals surface area contributed by atoms with Crippen LogP contribution in [0.4, 0.5) is 28.9 Å². The molecule has 0 heterocycles. The van der Waals surface area contributed by atoms with Crippen LogP contribution in [0.5, 0.6) is 5.75 Å². The van der Waals surface area contributed by atoms with Gasteiger partial charge in [-0.3, -0.25) is 9.52 Å². The van der Waals surface area contributed by atoms with Crippen LogP contribution < -0.4 is 14.8 Å². The van der Waals surface area contributed by atoms with Crippen molar-refractivity contribution in [3.05, 3.63) is 83.9 Å². The number of ether oxygens (including phenoxy) is 1. The Labute approximate surface area is 174 Å². The van der Waals surface area contributed by atoms with E-state index in [0.717, 1.165) is 18.2 Å². The number of anilines is 2. The van der Waals surface area contributed by atoms with E-state index in [9.17, 15) is 30.8 Å². The number of sulfonamides is 1. The third-order valence-electron chi connectivity index (χ3n) is 3.86. The molecule has 0 atom stereocenters. The first-order chi connectivity index (χ1) is 14.6. The summed E-state index contributed by atoms with van der Waals surface area (Å²) < 4.78 is 82.6. The molecule has 3 aromatic rings. The molecular weight excluding hydrogens is 440 g/mol. The van der Waals surface area contributed by atoms with Crippen molar-refractivity contribution in [2.75, 3.05) is 10.0 Å². The predicted octanol–water partition coefficient (Wildman–Crippen LogP) is 4.62. The van der Waals surface area contributed by atoms with Gasteiger partial charge >= 0.3 is 6.61 Å². The molecule has 0 saturated carbocycles. The summed E-state index contributed by atoms with van der Waals surface area (Å²) in [7, 11) is -4.10. The van der Waals surface area contributed by atoms with E-state index in [2.05, 4.69) is 14.8 Å². The van der Waals surface area contributed by atoms with Crippen molar-refractivity contribution >= 4 is 27.3 Å². The Kier molecular flexibility index (Phi) is 6.44. The second kappa shape index (κ2) is 9.04. The van der Waals surface area contributed by atoms with Crippen LogP contribution in [-0.2, 0) is 10.0 Å². The fraction of sp³-hybridized carbons (Fsp3) is 0.0500. The van der Waals surface area contributed by atoms with Crippen LogP contribution in [-0.4, -0.2) is 20.9 Å². The first-order valence-electron chi connectivity index (χ1n) is 8.57. The highest BCUT2D eigenvalue weighted by Gasteiger charge is 2.16. The fourth-order valence-corrected chi connectivity index (χ4v) is 3.65. The summed E-state index contributed by atoms with van der Waals surface area (Å²) in [6.45, 7) is -3.01. The number of nitrogens with one attached hydrogen (secondary N) is 2. The molecule has 1 amide bonds. The van der Waals surface area contributed by atoms with Gasteiger partial charge in [0.2, 0.25) is 0 Å². The number of rotatable bonds is 7. The third kappa shape index (κ3) is 5.95. The van der Waals surface area contributed by atoms with E-state index in [1.165, 1.54) is 42.5 Å². The maximum Gasteiger partial charge on any atom is 0.387 e. The van der Waals surface area contributed by atoms with Gasteiger partial charge in [0.25, 0.3) is 15.9 Å². The van der Waals surface area contributed by atoms with E-state index in [1.807, 2.05) is 0 Å². The van der Waals surface area contributed by atoms with Crippen LogP contribution in [0.2, 0.25) is 0 Å². The minimum absolute atomic E-state index is 0.0678. The first kappa shape index (κ1) is 22.1. The summed E-state index contributed by atoms with van der Waals surface area (Å²) in [5.74, 6) is -2.85. The molecule has 0 radical (unpaired) electrons. The van der Waals surface area contributed by atoms with Crippen LogP contribution in [0.15, 0.2) is 71.6 Å². The number of benzene rings is 3. The van der Waals surface area contributed by atoms with Gasteiger partial charge in [-0.25, -0.2) is 17.2 Å². The molecule has 0 saturated heterocycles. The van der Waals surface area contributed by atoms with E-state index < -0.39 is 34.2 Å². The molecule has 0 aliphatic rings. The Bertz CT molecular complexity index is 1180. The smallest absolute Gasteiger partial charge is 0.387 e. The van der Waals surface area contributed by atoms with Gasteiger partial charge in [0.15, 0.2) is 0 Å². The molecular formula is C20H14F4N2O4S. The summed E-state index contributed by atoms with van der Waals surface area (Å²) >= 11 is 0. The molecule has 0 aliphatic heterocycles. The largest absolute Gasteiger partial charge is 0.435 e. The minimum Gasteiger partial charge on any atom is -0.435 e. The summed E-state index contributed by atoms with van der Waals surface area (Å²) in [6, 6.07) is 12.2. The number of carbonyl (C=O) groups excluding carboxylic acids is 1. The third-order valence-corrected chi connectivity index (χ3v) is 5.24. The van der Waals surface area contributed by atoms with Gasteiger partial charge in [-0.2, -0.15) is 8.78 Å². The normalized spacial score (nSPS) is 11.3. The van der Waals surface area contributed by atoms with Crippen molar-refractivity contribution in [2.24, 2.45) is 0 Å². The van der Waals surface area contributed by atoms with Crippen LogP contribution in [0.3, 0.4) is 0 Å². The number of amides is 1. The Morgan fingerprint density at radius 1 is 0.871 bits per heavy atom. The van der Waals surface area contributed by atoms with Crippen LogP contribution in [0.25, 0.3) is 0 Å². The molecule has 0 unspecified atom stereocenters. The highest BCUT2D eigenvalue weighted by molar-refractivity contribution is 7.92. The van der Waals surface area contributed by atoms with Crippen LogP contribution in [0.1, 0.15) is 10.4 Å². The van der Waals surface area contributed by atoms with Gasteiger partial charge in [-0.15, -0.1) is 0 Å². The summed E-state index contributed by atoms with van der Waals surface area (Å²) in [5.41, 5.74) is -0.125. The lowest BCUT2D eigenvalue weighted by molar-refractivity contribution is -0.0498. The summed E-state index contributed by atoms with van der Waals surface area (Å²) in [6.07, 6.45) is 0. The number of halogens is 4. The maximum atomic E-state index is 13.3. The molecule has 2 N–H and O–H groups in total. The van der Waals surface area contributed by atoms with Gasteiger partial charge in [-0.05, 0) is 54.6 Å². The van der Waals surface area contributed by atoms with Crippen molar-refractivity contribution in [2.45, 2.75) is 11.5 Å². The number of hydrogen-bond donors (Lipinski definition) is 2. The molecule has 0 aromatic heterocycles. The molecule has 3 aromatic carbocycles. The monoisotopic (exact) mass is 454 g/mol. The van der Waals surface area contributed by atoms with E-state index in [-0.39, 0.29) is 27.6 Å². The highest BCUT2D eigenvalue weighted by atomic mass is 32.2. The molecule has 31 heavy (non-hydrogen) atoms. The number of hydrogen-bond acceptors (Lipinski definition) is 4. The van der Waals surface area contributed by atoms with Gasteiger partial charge in [0.1, 0.15) is 17.4 Å². The van der Waals surface area contributed by atoms with Crippen molar-refractivity contribution in [1.29, 1.82) is 0 Å². The molecule has 6 nitrogen and oxygen atoms in total. The molecule has 0 fully saturated rings. The SMILES string of the molecule is O=C(Nc1cccc(S(=O)(=O)Nc2ccc(OC(F)F)cc2)c1)c1cc(F)cc(F)c1. The quantitative estimate of drug-likeness (QED) is 0.511. The minimum atomic E-state index is -4.10. The fourth-order valence-electron chi connectivity index (χ4n) is 2.55. The Hall–Kier alpha value is -3.60. The lowest BCUT2D eigenvalue weighted by atomic mass is 10.2. The maximum absolute atomic E-state index is 13.3. The van der Waals surface area contributed by atoms with Crippen molar-refractivity contribution in [3.8, 4) is 5.75 Å². The molecule has 162 valence electrons. The van der Waals surface area contributed by atoms with Gasteiger partial charge in [-0.1, -0.05) is 6.07 Å². The van der Waals surface area contributed by atoms with Crippen molar-refractivity contribution < 1.29 is 35.5 Å².